The van der Waals surface area contributed by atoms with Crippen LogP contribution in [-0.2, 0) is 9.59 Å². The maximum atomic E-state index is 12.9. The molecule has 0 spiro atoms. The monoisotopic (exact) mass is 279 g/mol. The number of nitrogens with one attached hydrogen (secondary N) is 1. The minimum Gasteiger partial charge on any atom is -0.329 e. The molecule has 0 aromatic carbocycles. The van der Waals surface area contributed by atoms with Gasteiger partial charge in [0, 0.05) is 29.0 Å². The molecule has 114 valence electrons. The number of allylic oxidation sites excluding steroid dienone is 2. The highest BCUT2D eigenvalue weighted by Gasteiger charge is 2.39. The molecule has 3 nitrogen and oxygen atoms in total. The Morgan fingerprint density at radius 1 is 1.05 bits per heavy atom. The first kappa shape index (κ1) is 16.9. The highest BCUT2D eigenvalue weighted by molar-refractivity contribution is 6.03. The fraction of sp³-hybridized carbons (Fsp3) is 0.765. The number of Topliss-reactive ketones (excluding diaryl/α,β-unsaturated/α-hetero) is 1. The van der Waals surface area contributed by atoms with Gasteiger partial charge in [0.05, 0.1) is 0 Å². The Kier molecular flexibility index (Phi) is 4.83. The van der Waals surface area contributed by atoms with Gasteiger partial charge in [-0.15, -0.1) is 0 Å². The van der Waals surface area contributed by atoms with Gasteiger partial charge in [-0.3, -0.25) is 9.59 Å². The van der Waals surface area contributed by atoms with Crippen LogP contribution in [0.25, 0.3) is 0 Å². The van der Waals surface area contributed by atoms with Crippen LogP contribution in [0.2, 0.25) is 0 Å². The Hall–Kier alpha value is -1.12. The Balaban J connectivity index is 3.46. The van der Waals surface area contributed by atoms with Crippen LogP contribution in [0.3, 0.4) is 0 Å². The minimum absolute atomic E-state index is 0.0269. The maximum Gasteiger partial charge on any atom is 0.224 e. The summed E-state index contributed by atoms with van der Waals surface area (Å²) in [4.78, 5) is 25.1. The van der Waals surface area contributed by atoms with Gasteiger partial charge in [-0.05, 0) is 11.8 Å². The number of carbonyl (C=O) groups excluding carboxylic acids is 2. The molecule has 1 unspecified atom stereocenters. The van der Waals surface area contributed by atoms with Crippen molar-refractivity contribution in [1.82, 2.24) is 5.32 Å². The van der Waals surface area contributed by atoms with Gasteiger partial charge >= 0.3 is 0 Å². The second-order valence-electron chi connectivity index (χ2n) is 7.85. The van der Waals surface area contributed by atoms with Gasteiger partial charge in [0.2, 0.25) is 5.91 Å². The highest BCUT2D eigenvalue weighted by Crippen LogP contribution is 2.39. The molecule has 0 saturated heterocycles. The van der Waals surface area contributed by atoms with Crippen molar-refractivity contribution < 1.29 is 9.59 Å². The van der Waals surface area contributed by atoms with Crippen molar-refractivity contribution in [2.24, 2.45) is 16.7 Å². The minimum atomic E-state index is -0.261. The van der Waals surface area contributed by atoms with E-state index in [2.05, 4.69) is 12.2 Å². The predicted octanol–water partition coefficient (Wildman–Crippen LogP) is 3.84. The van der Waals surface area contributed by atoms with Crippen LogP contribution in [0, 0.1) is 16.7 Å². The van der Waals surface area contributed by atoms with Crippen LogP contribution < -0.4 is 5.32 Å². The molecule has 1 atom stereocenters. The average molecular weight is 279 g/mol. The lowest BCUT2D eigenvalue weighted by Crippen LogP contribution is -2.33. The van der Waals surface area contributed by atoms with Crippen molar-refractivity contribution in [3.8, 4) is 0 Å². The van der Waals surface area contributed by atoms with E-state index in [1.807, 2.05) is 41.5 Å². The summed E-state index contributed by atoms with van der Waals surface area (Å²) in [5.74, 6) is -0.0438. The van der Waals surface area contributed by atoms with E-state index in [-0.39, 0.29) is 28.4 Å². The van der Waals surface area contributed by atoms with Crippen LogP contribution in [0.15, 0.2) is 11.3 Å². The lowest BCUT2D eigenvalue weighted by Gasteiger charge is -2.32. The summed E-state index contributed by atoms with van der Waals surface area (Å²) in [7, 11) is 0. The van der Waals surface area contributed by atoms with Gasteiger partial charge in [-0.2, -0.15) is 0 Å². The first-order valence-corrected chi connectivity index (χ1v) is 7.57. The summed E-state index contributed by atoms with van der Waals surface area (Å²) in [5.41, 5.74) is 1.10. The molecule has 1 N–H and O–H groups in total. The van der Waals surface area contributed by atoms with E-state index in [1.165, 1.54) is 0 Å². The van der Waals surface area contributed by atoms with E-state index in [0.717, 1.165) is 24.1 Å². The molecule has 0 bridgehead atoms. The molecule has 0 fully saturated rings. The van der Waals surface area contributed by atoms with E-state index in [4.69, 9.17) is 0 Å². The summed E-state index contributed by atoms with van der Waals surface area (Å²) >= 11 is 0. The van der Waals surface area contributed by atoms with Crippen molar-refractivity contribution in [3.63, 3.8) is 0 Å². The molecular weight excluding hydrogens is 250 g/mol. The van der Waals surface area contributed by atoms with Crippen LogP contribution in [-0.4, -0.2) is 11.7 Å². The number of hydrogen-bond acceptors (Lipinski definition) is 2. The molecule has 1 aliphatic rings. The fourth-order valence-electron chi connectivity index (χ4n) is 2.79. The molecule has 1 heterocycles. The van der Waals surface area contributed by atoms with Crippen molar-refractivity contribution in [2.45, 2.75) is 67.7 Å². The van der Waals surface area contributed by atoms with Crippen LogP contribution in [0.1, 0.15) is 67.7 Å². The summed E-state index contributed by atoms with van der Waals surface area (Å²) in [6.45, 7) is 14.3. The second kappa shape index (κ2) is 5.71. The van der Waals surface area contributed by atoms with Gasteiger partial charge in [0.15, 0.2) is 5.78 Å². The van der Waals surface area contributed by atoms with Gasteiger partial charge < -0.3 is 5.32 Å². The van der Waals surface area contributed by atoms with Crippen LogP contribution in [0.5, 0.6) is 0 Å². The zero-order valence-corrected chi connectivity index (χ0v) is 14.0. The molecule has 1 aliphatic heterocycles. The van der Waals surface area contributed by atoms with E-state index in [1.54, 1.807) is 0 Å². The first-order chi connectivity index (χ1) is 8.98. The molecule has 20 heavy (non-hydrogen) atoms. The highest BCUT2D eigenvalue weighted by atomic mass is 16.2. The van der Waals surface area contributed by atoms with Crippen molar-refractivity contribution in [2.75, 3.05) is 0 Å². The third kappa shape index (κ3) is 3.71. The van der Waals surface area contributed by atoms with Gasteiger partial charge in [-0.25, -0.2) is 0 Å². The summed E-state index contributed by atoms with van der Waals surface area (Å²) < 4.78 is 0. The Bertz CT molecular complexity index is 433. The Morgan fingerprint density at radius 2 is 1.60 bits per heavy atom. The number of rotatable bonds is 2. The first-order valence-electron chi connectivity index (χ1n) is 7.57. The molecule has 0 saturated carbocycles. The molecule has 0 aromatic heterocycles. The van der Waals surface area contributed by atoms with Crippen molar-refractivity contribution >= 4 is 11.7 Å². The molecule has 0 aliphatic carbocycles. The summed E-state index contributed by atoms with van der Waals surface area (Å²) in [5, 5.41) is 3.01. The summed E-state index contributed by atoms with van der Waals surface area (Å²) in [6, 6.07) is 0. The third-order valence-electron chi connectivity index (χ3n) is 3.70. The Morgan fingerprint density at radius 3 is 2.00 bits per heavy atom. The lowest BCUT2D eigenvalue weighted by atomic mass is 9.74. The third-order valence-corrected chi connectivity index (χ3v) is 3.70. The van der Waals surface area contributed by atoms with Gasteiger partial charge in [0.1, 0.15) is 0 Å². The normalized spacial score (nSPS) is 21.9. The van der Waals surface area contributed by atoms with E-state index < -0.39 is 0 Å². The van der Waals surface area contributed by atoms with Crippen molar-refractivity contribution in [3.05, 3.63) is 11.3 Å². The van der Waals surface area contributed by atoms with Crippen LogP contribution >= 0.6 is 0 Å². The zero-order chi connectivity index (χ0) is 15.7. The number of ketones is 1. The van der Waals surface area contributed by atoms with E-state index >= 15 is 0 Å². The number of amides is 1. The quantitative estimate of drug-likeness (QED) is 0.834. The Labute approximate surface area is 123 Å². The van der Waals surface area contributed by atoms with Gasteiger partial charge in [0.25, 0.3) is 0 Å². The number of carbonyl (C=O) groups is 2. The molecule has 0 radical (unpaired) electrons. The number of hydrogen-bond donors (Lipinski definition) is 1. The SMILES string of the molecule is CCCC1CC(=O)NC(C(C)(C)C)=C(C(C)(C)C)C1=O. The molecular formula is C17H29NO2. The topological polar surface area (TPSA) is 46.2 Å². The predicted molar refractivity (Wildman–Crippen MR) is 82.1 cm³/mol. The summed E-state index contributed by atoms with van der Waals surface area (Å²) in [6.07, 6.45) is 2.01. The smallest absolute Gasteiger partial charge is 0.224 e. The van der Waals surface area contributed by atoms with Crippen LogP contribution in [0.4, 0.5) is 0 Å². The molecule has 0 aromatic rings. The second-order valence-corrected chi connectivity index (χ2v) is 7.85. The largest absolute Gasteiger partial charge is 0.329 e. The molecule has 1 amide bonds. The van der Waals surface area contributed by atoms with Crippen molar-refractivity contribution in [1.29, 1.82) is 0 Å². The molecule has 3 heteroatoms. The van der Waals surface area contributed by atoms with Gasteiger partial charge in [-0.1, -0.05) is 54.9 Å². The molecule has 1 rings (SSSR count). The average Bonchev–Trinajstić information content (AvgIpc) is 2.35. The fourth-order valence-corrected chi connectivity index (χ4v) is 2.79. The lowest BCUT2D eigenvalue weighted by molar-refractivity contribution is -0.126. The van der Waals surface area contributed by atoms with E-state index in [0.29, 0.717) is 6.42 Å². The maximum absolute atomic E-state index is 12.9. The zero-order valence-electron chi connectivity index (χ0n) is 14.0. The van der Waals surface area contributed by atoms with E-state index in [9.17, 15) is 9.59 Å². The standard InChI is InChI=1S/C17H29NO2/c1-8-9-11-10-12(19)18-15(17(5,6)7)13(14(11)20)16(2,3)4/h11H,8-10H2,1-7H3,(H,18,19).